The van der Waals surface area contributed by atoms with Crippen molar-refractivity contribution < 1.29 is 13.2 Å². The van der Waals surface area contributed by atoms with E-state index in [0.29, 0.717) is 19.0 Å². The first-order valence-electron chi connectivity index (χ1n) is 7.65. The van der Waals surface area contributed by atoms with Crippen molar-refractivity contribution in [2.45, 2.75) is 51.7 Å². The van der Waals surface area contributed by atoms with Gasteiger partial charge in [0.25, 0.3) is 0 Å². The van der Waals surface area contributed by atoms with Gasteiger partial charge in [0.1, 0.15) is 0 Å². The van der Waals surface area contributed by atoms with Gasteiger partial charge in [-0.2, -0.15) is 4.31 Å². The molecule has 6 heteroatoms. The third-order valence-corrected chi connectivity index (χ3v) is 5.99. The van der Waals surface area contributed by atoms with Gasteiger partial charge >= 0.3 is 0 Å². The minimum Gasteiger partial charge on any atom is -0.370 e. The summed E-state index contributed by atoms with van der Waals surface area (Å²) in [5.41, 5.74) is -0.389. The van der Waals surface area contributed by atoms with Crippen molar-refractivity contribution in [3.63, 3.8) is 0 Å². The normalized spacial score (nSPS) is 29.4. The number of hydrogen-bond donors (Lipinski definition) is 1. The highest BCUT2D eigenvalue weighted by Gasteiger charge is 2.37. The molecule has 0 radical (unpaired) electrons. The Kier molecular flexibility index (Phi) is 5.10. The van der Waals surface area contributed by atoms with Crippen LogP contribution >= 0.6 is 0 Å². The second-order valence-electron chi connectivity index (χ2n) is 6.78. The van der Waals surface area contributed by atoms with Gasteiger partial charge in [0.05, 0.1) is 17.5 Å². The first kappa shape index (κ1) is 16.2. The van der Waals surface area contributed by atoms with E-state index in [1.165, 1.54) is 0 Å². The van der Waals surface area contributed by atoms with Gasteiger partial charge in [0, 0.05) is 13.1 Å². The van der Waals surface area contributed by atoms with Crippen LogP contribution in [0.15, 0.2) is 0 Å². The fourth-order valence-electron chi connectivity index (χ4n) is 3.22. The molecule has 0 spiro atoms. The standard InChI is InChI=1S/C14H28N2O3S/c1-12-10-16(11-14(2,3)19-12)20(17,18)9-6-13-4-7-15-8-5-13/h12-13,15H,4-11H2,1-3H3. The summed E-state index contributed by atoms with van der Waals surface area (Å²) in [5, 5.41) is 3.32. The van der Waals surface area contributed by atoms with Gasteiger partial charge in [0.2, 0.25) is 10.0 Å². The van der Waals surface area contributed by atoms with Gasteiger partial charge < -0.3 is 10.1 Å². The van der Waals surface area contributed by atoms with Crippen LogP contribution < -0.4 is 5.32 Å². The number of morpholine rings is 1. The van der Waals surface area contributed by atoms with Gasteiger partial charge in [0.15, 0.2) is 0 Å². The molecule has 20 heavy (non-hydrogen) atoms. The SMILES string of the molecule is CC1CN(S(=O)(=O)CCC2CCNCC2)CC(C)(C)O1. The predicted octanol–water partition coefficient (Wildman–Crippen LogP) is 1.21. The van der Waals surface area contributed by atoms with Gasteiger partial charge in [-0.15, -0.1) is 0 Å². The maximum absolute atomic E-state index is 12.5. The van der Waals surface area contributed by atoms with Crippen molar-refractivity contribution >= 4 is 10.0 Å². The third kappa shape index (κ3) is 4.41. The highest BCUT2D eigenvalue weighted by molar-refractivity contribution is 7.89. The number of sulfonamides is 1. The first-order valence-corrected chi connectivity index (χ1v) is 9.26. The van der Waals surface area contributed by atoms with Crippen molar-refractivity contribution in [2.75, 3.05) is 31.9 Å². The molecular weight excluding hydrogens is 276 g/mol. The lowest BCUT2D eigenvalue weighted by Gasteiger charge is -2.41. The maximum atomic E-state index is 12.5. The van der Waals surface area contributed by atoms with E-state index in [9.17, 15) is 8.42 Å². The molecule has 1 unspecified atom stereocenters. The van der Waals surface area contributed by atoms with Gasteiger partial charge in [-0.25, -0.2) is 8.42 Å². The molecule has 0 aliphatic carbocycles. The molecule has 1 atom stereocenters. The Morgan fingerprint density at radius 2 is 1.95 bits per heavy atom. The van der Waals surface area contributed by atoms with Gasteiger partial charge in [-0.3, -0.25) is 0 Å². The Balaban J connectivity index is 1.91. The highest BCUT2D eigenvalue weighted by Crippen LogP contribution is 2.24. The maximum Gasteiger partial charge on any atom is 0.214 e. The van der Waals surface area contributed by atoms with Crippen molar-refractivity contribution in [1.29, 1.82) is 0 Å². The molecule has 2 aliphatic rings. The minimum absolute atomic E-state index is 0.0348. The van der Waals surface area contributed by atoms with Gasteiger partial charge in [-0.1, -0.05) is 0 Å². The van der Waals surface area contributed by atoms with E-state index in [1.807, 2.05) is 20.8 Å². The van der Waals surface area contributed by atoms with Crippen LogP contribution in [0.25, 0.3) is 0 Å². The molecule has 1 N–H and O–H groups in total. The molecule has 2 heterocycles. The number of nitrogens with one attached hydrogen (secondary N) is 1. The Morgan fingerprint density at radius 1 is 1.30 bits per heavy atom. The summed E-state index contributed by atoms with van der Waals surface area (Å²) in [4.78, 5) is 0. The van der Waals surface area contributed by atoms with Crippen molar-refractivity contribution in [3.8, 4) is 0 Å². The zero-order valence-corrected chi connectivity index (χ0v) is 13.7. The topological polar surface area (TPSA) is 58.6 Å². The summed E-state index contributed by atoms with van der Waals surface area (Å²) in [5.74, 6) is 0.831. The van der Waals surface area contributed by atoms with Crippen LogP contribution in [0.4, 0.5) is 0 Å². The van der Waals surface area contributed by atoms with E-state index in [1.54, 1.807) is 4.31 Å². The first-order chi connectivity index (χ1) is 9.28. The van der Waals surface area contributed by atoms with Crippen LogP contribution in [-0.4, -0.2) is 56.4 Å². The molecule has 2 aliphatic heterocycles. The van der Waals surface area contributed by atoms with E-state index in [2.05, 4.69) is 5.32 Å². The highest BCUT2D eigenvalue weighted by atomic mass is 32.2. The van der Waals surface area contributed by atoms with Crippen molar-refractivity contribution in [2.24, 2.45) is 5.92 Å². The molecule has 2 fully saturated rings. The fraction of sp³-hybridized carbons (Fsp3) is 1.00. The lowest BCUT2D eigenvalue weighted by molar-refractivity contribution is -0.109. The number of hydrogen-bond acceptors (Lipinski definition) is 4. The molecule has 0 bridgehead atoms. The average molecular weight is 304 g/mol. The third-order valence-electron chi connectivity index (χ3n) is 4.17. The minimum atomic E-state index is -3.15. The van der Waals surface area contributed by atoms with E-state index < -0.39 is 10.0 Å². The van der Waals surface area contributed by atoms with Crippen molar-refractivity contribution in [1.82, 2.24) is 9.62 Å². The molecular formula is C14H28N2O3S. The summed E-state index contributed by atoms with van der Waals surface area (Å²) in [6, 6.07) is 0. The van der Waals surface area contributed by atoms with Crippen LogP contribution in [0.1, 0.15) is 40.0 Å². The molecule has 0 aromatic rings. The molecule has 0 aromatic carbocycles. The molecule has 118 valence electrons. The number of rotatable bonds is 4. The summed E-state index contributed by atoms with van der Waals surface area (Å²) in [6.45, 7) is 8.84. The lowest BCUT2D eigenvalue weighted by atomic mass is 9.96. The van der Waals surface area contributed by atoms with Crippen molar-refractivity contribution in [3.05, 3.63) is 0 Å². The summed E-state index contributed by atoms with van der Waals surface area (Å²) in [7, 11) is -3.15. The molecule has 5 nitrogen and oxygen atoms in total. The summed E-state index contributed by atoms with van der Waals surface area (Å²) < 4.78 is 32.4. The Hall–Kier alpha value is -0.170. The van der Waals surface area contributed by atoms with E-state index in [0.717, 1.165) is 32.4 Å². The number of piperidine rings is 1. The van der Waals surface area contributed by atoms with E-state index >= 15 is 0 Å². The lowest BCUT2D eigenvalue weighted by Crippen LogP contribution is -2.54. The van der Waals surface area contributed by atoms with Crippen LogP contribution in [0.5, 0.6) is 0 Å². The van der Waals surface area contributed by atoms with E-state index in [4.69, 9.17) is 4.74 Å². The summed E-state index contributed by atoms with van der Waals surface area (Å²) >= 11 is 0. The van der Waals surface area contributed by atoms with Crippen LogP contribution in [0.2, 0.25) is 0 Å². The van der Waals surface area contributed by atoms with Crippen LogP contribution in [0.3, 0.4) is 0 Å². The Morgan fingerprint density at radius 3 is 2.55 bits per heavy atom. The van der Waals surface area contributed by atoms with Crippen LogP contribution in [0, 0.1) is 5.92 Å². The molecule has 0 amide bonds. The summed E-state index contributed by atoms with van der Waals surface area (Å²) in [6.07, 6.45) is 2.95. The Bertz CT molecular complexity index is 416. The molecule has 0 aromatic heterocycles. The second-order valence-corrected chi connectivity index (χ2v) is 8.87. The van der Waals surface area contributed by atoms with E-state index in [-0.39, 0.29) is 17.5 Å². The number of nitrogens with zero attached hydrogens (tertiary/aromatic N) is 1. The molecule has 0 saturated carbocycles. The fourth-order valence-corrected chi connectivity index (χ4v) is 5.06. The molecule has 2 saturated heterocycles. The average Bonchev–Trinajstić information content (AvgIpc) is 2.35. The Labute approximate surface area is 123 Å². The second kappa shape index (κ2) is 6.30. The molecule has 2 rings (SSSR count). The zero-order valence-electron chi connectivity index (χ0n) is 12.9. The number of ether oxygens (including phenoxy) is 1. The quantitative estimate of drug-likeness (QED) is 0.848. The predicted molar refractivity (Wildman–Crippen MR) is 80.2 cm³/mol. The van der Waals surface area contributed by atoms with Crippen LogP contribution in [-0.2, 0) is 14.8 Å². The van der Waals surface area contributed by atoms with Gasteiger partial charge in [-0.05, 0) is 59.0 Å². The monoisotopic (exact) mass is 304 g/mol. The smallest absolute Gasteiger partial charge is 0.214 e. The largest absolute Gasteiger partial charge is 0.370 e. The zero-order chi connectivity index (χ0) is 14.8.